The van der Waals surface area contributed by atoms with Crippen LogP contribution in [0.5, 0.6) is 0 Å². The predicted molar refractivity (Wildman–Crippen MR) is 73.2 cm³/mol. The molecule has 0 amide bonds. The monoisotopic (exact) mass is 235 g/mol. The number of nitrogens with two attached hydrogens (primary N) is 1. The Labute approximate surface area is 105 Å². The maximum Gasteiger partial charge on any atom is 0.0440 e. The Bertz CT molecular complexity index is 392. The first-order valence-corrected chi connectivity index (χ1v) is 6.20. The van der Waals surface area contributed by atoms with Gasteiger partial charge in [-0.15, -0.1) is 0 Å². The summed E-state index contributed by atoms with van der Waals surface area (Å²) < 4.78 is 0. The van der Waals surface area contributed by atoms with Crippen molar-refractivity contribution in [2.45, 2.75) is 52.0 Å². The van der Waals surface area contributed by atoms with Gasteiger partial charge in [0, 0.05) is 17.6 Å². The highest BCUT2D eigenvalue weighted by Crippen LogP contribution is 2.37. The molecule has 0 aromatic heterocycles. The van der Waals surface area contributed by atoms with Gasteiger partial charge >= 0.3 is 0 Å². The lowest BCUT2D eigenvalue weighted by atomic mass is 9.66. The summed E-state index contributed by atoms with van der Waals surface area (Å²) in [6.45, 7) is 10.6. The summed E-state index contributed by atoms with van der Waals surface area (Å²) >= 11 is 0. The van der Waals surface area contributed by atoms with Crippen LogP contribution < -0.4 is 5.73 Å². The molecule has 1 unspecified atom stereocenters. The quantitative estimate of drug-likeness (QED) is 0.843. The van der Waals surface area contributed by atoms with Gasteiger partial charge in [-0.1, -0.05) is 25.1 Å². The van der Waals surface area contributed by atoms with Crippen molar-refractivity contribution >= 4 is 0 Å². The van der Waals surface area contributed by atoms with Gasteiger partial charge in [0.05, 0.1) is 0 Å². The minimum absolute atomic E-state index is 0.157. The van der Waals surface area contributed by atoms with Gasteiger partial charge in [-0.3, -0.25) is 0 Å². The largest absolute Gasteiger partial charge is 0.396 e. The summed E-state index contributed by atoms with van der Waals surface area (Å²) in [5.41, 5.74) is 9.51. The van der Waals surface area contributed by atoms with Gasteiger partial charge in [0.25, 0.3) is 0 Å². The number of aliphatic hydroxyl groups excluding tert-OH is 1. The molecule has 0 saturated carbocycles. The fraction of sp³-hybridized carbons (Fsp3) is 0.600. The van der Waals surface area contributed by atoms with E-state index < -0.39 is 0 Å². The van der Waals surface area contributed by atoms with E-state index in [1.165, 1.54) is 16.7 Å². The second-order valence-corrected chi connectivity index (χ2v) is 5.83. The minimum atomic E-state index is -0.364. The van der Waals surface area contributed by atoms with E-state index in [0.29, 0.717) is 6.42 Å². The van der Waals surface area contributed by atoms with Crippen LogP contribution in [-0.2, 0) is 5.41 Å². The Morgan fingerprint density at radius 1 is 1.12 bits per heavy atom. The summed E-state index contributed by atoms with van der Waals surface area (Å²) in [5.74, 6) is 0. The van der Waals surface area contributed by atoms with Crippen molar-refractivity contribution in [2.24, 2.45) is 5.73 Å². The van der Waals surface area contributed by atoms with Crippen molar-refractivity contribution in [1.82, 2.24) is 0 Å². The number of aryl methyl sites for hydroxylation is 2. The third-order valence-corrected chi connectivity index (χ3v) is 4.18. The van der Waals surface area contributed by atoms with Crippen molar-refractivity contribution in [3.05, 3.63) is 34.9 Å². The van der Waals surface area contributed by atoms with Gasteiger partial charge in [0.2, 0.25) is 0 Å². The molecule has 0 aliphatic rings. The fourth-order valence-corrected chi connectivity index (χ4v) is 2.15. The fourth-order valence-electron chi connectivity index (χ4n) is 2.15. The first-order valence-electron chi connectivity index (χ1n) is 6.20. The van der Waals surface area contributed by atoms with Crippen molar-refractivity contribution < 1.29 is 5.11 Å². The molecule has 3 N–H and O–H groups in total. The predicted octanol–water partition coefficient (Wildman–Crippen LogP) is 2.68. The lowest BCUT2D eigenvalue weighted by Crippen LogP contribution is -2.52. The highest BCUT2D eigenvalue weighted by molar-refractivity contribution is 5.36. The Hall–Kier alpha value is -0.860. The summed E-state index contributed by atoms with van der Waals surface area (Å²) in [4.78, 5) is 0. The van der Waals surface area contributed by atoms with E-state index >= 15 is 0 Å². The second-order valence-electron chi connectivity index (χ2n) is 5.83. The Kier molecular flexibility index (Phi) is 4.00. The highest BCUT2D eigenvalue weighted by Gasteiger charge is 2.39. The molecule has 0 fully saturated rings. The first kappa shape index (κ1) is 14.2. The zero-order valence-corrected chi connectivity index (χ0v) is 11.7. The van der Waals surface area contributed by atoms with Gasteiger partial charge in [-0.25, -0.2) is 0 Å². The number of hydrogen-bond acceptors (Lipinski definition) is 2. The van der Waals surface area contributed by atoms with Crippen LogP contribution in [0.25, 0.3) is 0 Å². The SMILES string of the molecule is Cc1ccc(C(C)(CCO)C(C)(C)N)cc1C. The van der Waals surface area contributed by atoms with Crippen LogP contribution in [0.15, 0.2) is 18.2 Å². The summed E-state index contributed by atoms with van der Waals surface area (Å²) in [6, 6.07) is 6.46. The summed E-state index contributed by atoms with van der Waals surface area (Å²) in [7, 11) is 0. The normalized spacial score (nSPS) is 15.7. The minimum Gasteiger partial charge on any atom is -0.396 e. The maximum atomic E-state index is 9.29. The van der Waals surface area contributed by atoms with Crippen molar-refractivity contribution in [2.75, 3.05) is 6.61 Å². The molecule has 0 aliphatic heterocycles. The maximum absolute atomic E-state index is 9.29. The third-order valence-electron chi connectivity index (χ3n) is 4.18. The lowest BCUT2D eigenvalue weighted by molar-refractivity contribution is 0.190. The number of benzene rings is 1. The molecule has 1 rings (SSSR count). The molecule has 1 aromatic rings. The molecule has 0 bridgehead atoms. The number of hydrogen-bond donors (Lipinski definition) is 2. The molecule has 1 atom stereocenters. The molecular formula is C15H25NO. The van der Waals surface area contributed by atoms with E-state index in [0.717, 1.165) is 0 Å². The van der Waals surface area contributed by atoms with E-state index in [-0.39, 0.29) is 17.6 Å². The van der Waals surface area contributed by atoms with E-state index in [9.17, 15) is 5.11 Å². The van der Waals surface area contributed by atoms with Gasteiger partial charge in [0.15, 0.2) is 0 Å². The van der Waals surface area contributed by atoms with Crippen molar-refractivity contribution in [1.29, 1.82) is 0 Å². The molecule has 17 heavy (non-hydrogen) atoms. The molecular weight excluding hydrogens is 210 g/mol. The number of aliphatic hydroxyl groups is 1. The van der Waals surface area contributed by atoms with Crippen LogP contribution >= 0.6 is 0 Å². The molecule has 2 heteroatoms. The lowest BCUT2D eigenvalue weighted by Gasteiger charge is -2.42. The van der Waals surface area contributed by atoms with Crippen LogP contribution in [-0.4, -0.2) is 17.3 Å². The summed E-state index contributed by atoms with van der Waals surface area (Å²) in [5, 5.41) is 9.29. The Morgan fingerprint density at radius 2 is 1.71 bits per heavy atom. The number of rotatable bonds is 4. The van der Waals surface area contributed by atoms with Gasteiger partial charge < -0.3 is 10.8 Å². The molecule has 1 aromatic carbocycles. The molecule has 0 radical (unpaired) electrons. The van der Waals surface area contributed by atoms with E-state index in [1.807, 2.05) is 13.8 Å². The van der Waals surface area contributed by atoms with Gasteiger partial charge in [-0.05, 0) is 50.8 Å². The Morgan fingerprint density at radius 3 is 2.12 bits per heavy atom. The van der Waals surface area contributed by atoms with Crippen LogP contribution in [0.1, 0.15) is 43.9 Å². The summed E-state index contributed by atoms with van der Waals surface area (Å²) in [6.07, 6.45) is 0.680. The zero-order valence-electron chi connectivity index (χ0n) is 11.7. The van der Waals surface area contributed by atoms with Crippen LogP contribution in [0.4, 0.5) is 0 Å². The van der Waals surface area contributed by atoms with Gasteiger partial charge in [-0.2, -0.15) is 0 Å². The average Bonchev–Trinajstić information content (AvgIpc) is 2.20. The molecule has 0 heterocycles. The Balaban J connectivity index is 3.28. The molecule has 96 valence electrons. The smallest absolute Gasteiger partial charge is 0.0440 e. The van der Waals surface area contributed by atoms with E-state index in [2.05, 4.69) is 39.0 Å². The topological polar surface area (TPSA) is 46.2 Å². The molecule has 0 saturated heterocycles. The van der Waals surface area contributed by atoms with Crippen LogP contribution in [0, 0.1) is 13.8 Å². The first-order chi connectivity index (χ1) is 7.72. The zero-order chi connectivity index (χ0) is 13.3. The molecule has 2 nitrogen and oxygen atoms in total. The van der Waals surface area contributed by atoms with E-state index in [1.54, 1.807) is 0 Å². The molecule has 0 aliphatic carbocycles. The highest BCUT2D eigenvalue weighted by atomic mass is 16.3. The van der Waals surface area contributed by atoms with Crippen molar-refractivity contribution in [3.63, 3.8) is 0 Å². The average molecular weight is 235 g/mol. The standard InChI is InChI=1S/C15H25NO/c1-11-6-7-13(10-12(11)2)15(5,8-9-17)14(3,4)16/h6-7,10,17H,8-9,16H2,1-5H3. The van der Waals surface area contributed by atoms with Crippen LogP contribution in [0.2, 0.25) is 0 Å². The second kappa shape index (κ2) is 4.79. The third kappa shape index (κ3) is 2.70. The van der Waals surface area contributed by atoms with Gasteiger partial charge in [0.1, 0.15) is 0 Å². The molecule has 0 spiro atoms. The van der Waals surface area contributed by atoms with Crippen molar-refractivity contribution in [3.8, 4) is 0 Å². The van der Waals surface area contributed by atoms with E-state index in [4.69, 9.17) is 5.73 Å². The van der Waals surface area contributed by atoms with Crippen LogP contribution in [0.3, 0.4) is 0 Å².